The van der Waals surface area contributed by atoms with Crippen LogP contribution in [-0.2, 0) is 0 Å². The fourth-order valence-electron chi connectivity index (χ4n) is 7.35. The average Bonchev–Trinajstić information content (AvgIpc) is 3.69. The van der Waals surface area contributed by atoms with Gasteiger partial charge in [0.1, 0.15) is 0 Å². The summed E-state index contributed by atoms with van der Waals surface area (Å²) in [5.74, 6) is 0. The second kappa shape index (κ2) is 11.4. The highest BCUT2D eigenvalue weighted by molar-refractivity contribution is 6.11. The Balaban J connectivity index is 1.23. The maximum absolute atomic E-state index is 9.97. The number of nitrogens with zero attached hydrogens (tertiary/aromatic N) is 5. The Morgan fingerprint density at radius 3 is 1.48 bits per heavy atom. The van der Waals surface area contributed by atoms with Crippen LogP contribution in [0.1, 0.15) is 16.7 Å². The number of fused-ring (bicyclic) bond motifs is 6. The predicted molar refractivity (Wildman–Crippen MR) is 200 cm³/mol. The van der Waals surface area contributed by atoms with Crippen molar-refractivity contribution in [3.05, 3.63) is 168 Å². The first kappa shape index (κ1) is 28.8. The Hall–Kier alpha value is -7.39. The van der Waals surface area contributed by atoms with Crippen molar-refractivity contribution < 1.29 is 0 Å². The number of aromatic nitrogens is 2. The van der Waals surface area contributed by atoms with Gasteiger partial charge in [-0.2, -0.15) is 15.8 Å². The van der Waals surface area contributed by atoms with Crippen LogP contribution in [0.2, 0.25) is 0 Å². The Morgan fingerprint density at radius 2 is 0.860 bits per heavy atom. The van der Waals surface area contributed by atoms with Gasteiger partial charge in [-0.1, -0.05) is 66.7 Å². The largest absolute Gasteiger partial charge is 0.309 e. The molecule has 0 radical (unpaired) electrons. The monoisotopic (exact) mass is 635 g/mol. The van der Waals surface area contributed by atoms with Crippen molar-refractivity contribution in [3.8, 4) is 51.8 Å². The van der Waals surface area contributed by atoms with Gasteiger partial charge in [0, 0.05) is 32.8 Å². The summed E-state index contributed by atoms with van der Waals surface area (Å²) in [6.07, 6.45) is 0. The molecule has 7 aromatic carbocycles. The van der Waals surface area contributed by atoms with Crippen molar-refractivity contribution in [3.63, 3.8) is 0 Å². The van der Waals surface area contributed by atoms with E-state index in [1.807, 2.05) is 54.6 Å². The van der Waals surface area contributed by atoms with Crippen LogP contribution in [-0.4, -0.2) is 9.13 Å². The summed E-state index contributed by atoms with van der Waals surface area (Å²) in [5.41, 5.74) is 11.8. The first-order valence-electron chi connectivity index (χ1n) is 16.3. The van der Waals surface area contributed by atoms with Crippen LogP contribution in [0.3, 0.4) is 0 Å². The number of hydrogen-bond donors (Lipinski definition) is 0. The summed E-state index contributed by atoms with van der Waals surface area (Å²) < 4.78 is 4.49. The smallest absolute Gasteiger partial charge is 0.0991 e. The van der Waals surface area contributed by atoms with Gasteiger partial charge >= 0.3 is 0 Å². The van der Waals surface area contributed by atoms with E-state index >= 15 is 0 Å². The Kier molecular flexibility index (Phi) is 6.56. The number of benzene rings is 7. The van der Waals surface area contributed by atoms with E-state index in [1.165, 1.54) is 10.8 Å². The van der Waals surface area contributed by atoms with E-state index in [0.29, 0.717) is 16.7 Å². The van der Waals surface area contributed by atoms with Gasteiger partial charge in [0.05, 0.1) is 62.7 Å². The molecule has 0 amide bonds. The van der Waals surface area contributed by atoms with Crippen LogP contribution < -0.4 is 0 Å². The molecule has 9 rings (SSSR count). The van der Waals surface area contributed by atoms with E-state index in [4.69, 9.17) is 0 Å². The zero-order valence-electron chi connectivity index (χ0n) is 26.7. The minimum absolute atomic E-state index is 0.551. The molecule has 0 spiro atoms. The van der Waals surface area contributed by atoms with Crippen molar-refractivity contribution in [2.75, 3.05) is 0 Å². The summed E-state index contributed by atoms with van der Waals surface area (Å²) in [5, 5.41) is 33.6. The topological polar surface area (TPSA) is 81.2 Å². The van der Waals surface area contributed by atoms with Gasteiger partial charge in [-0.25, -0.2) is 0 Å². The molecule has 2 aromatic heterocycles. The highest BCUT2D eigenvalue weighted by Gasteiger charge is 2.18. The molecule has 0 aliphatic rings. The van der Waals surface area contributed by atoms with Crippen LogP contribution in [0.15, 0.2) is 152 Å². The third-order valence-corrected chi connectivity index (χ3v) is 9.58. The Morgan fingerprint density at radius 1 is 0.360 bits per heavy atom. The van der Waals surface area contributed by atoms with Gasteiger partial charge < -0.3 is 9.13 Å². The van der Waals surface area contributed by atoms with Gasteiger partial charge in [0.2, 0.25) is 0 Å². The van der Waals surface area contributed by atoms with Crippen LogP contribution in [0.5, 0.6) is 0 Å². The summed E-state index contributed by atoms with van der Waals surface area (Å²) in [7, 11) is 0. The van der Waals surface area contributed by atoms with Gasteiger partial charge in [-0.3, -0.25) is 0 Å². The molecule has 9 aromatic rings. The zero-order valence-corrected chi connectivity index (χ0v) is 26.7. The van der Waals surface area contributed by atoms with Crippen LogP contribution >= 0.6 is 0 Å². The lowest BCUT2D eigenvalue weighted by molar-refractivity contribution is 1.18. The van der Waals surface area contributed by atoms with Gasteiger partial charge in [-0.05, 0) is 102 Å². The fraction of sp³-hybridized carbons (Fsp3) is 0. The van der Waals surface area contributed by atoms with E-state index in [0.717, 1.165) is 66.5 Å². The Bertz CT molecular complexity index is 2850. The van der Waals surface area contributed by atoms with Crippen molar-refractivity contribution >= 4 is 43.6 Å². The lowest BCUT2D eigenvalue weighted by Crippen LogP contribution is -1.98. The lowest BCUT2D eigenvalue weighted by atomic mass is 9.96. The molecule has 230 valence electrons. The summed E-state index contributed by atoms with van der Waals surface area (Å²) >= 11 is 0. The summed E-state index contributed by atoms with van der Waals surface area (Å²) in [6.45, 7) is 0. The molecular weight excluding hydrogens is 611 g/mol. The van der Waals surface area contributed by atoms with Crippen LogP contribution in [0.25, 0.3) is 77.2 Å². The molecule has 50 heavy (non-hydrogen) atoms. The van der Waals surface area contributed by atoms with Gasteiger partial charge in [0.25, 0.3) is 0 Å². The molecule has 0 saturated heterocycles. The van der Waals surface area contributed by atoms with E-state index in [1.54, 1.807) is 0 Å². The molecular formula is C45H25N5. The van der Waals surface area contributed by atoms with E-state index in [9.17, 15) is 15.8 Å². The van der Waals surface area contributed by atoms with Crippen LogP contribution in [0.4, 0.5) is 0 Å². The highest BCUT2D eigenvalue weighted by Crippen LogP contribution is 2.39. The third kappa shape index (κ3) is 4.45. The second-order valence-corrected chi connectivity index (χ2v) is 12.4. The first-order chi connectivity index (χ1) is 24.6. The minimum atomic E-state index is 0.551. The van der Waals surface area contributed by atoms with Crippen molar-refractivity contribution in [2.24, 2.45) is 0 Å². The highest BCUT2D eigenvalue weighted by atomic mass is 15.0. The molecule has 0 saturated carbocycles. The molecule has 5 heteroatoms. The number of hydrogen-bond acceptors (Lipinski definition) is 3. The molecule has 0 atom stereocenters. The second-order valence-electron chi connectivity index (χ2n) is 12.4. The molecule has 0 bridgehead atoms. The number of nitriles is 3. The van der Waals surface area contributed by atoms with E-state index in [-0.39, 0.29) is 0 Å². The lowest BCUT2D eigenvalue weighted by Gasteiger charge is -2.16. The summed E-state index contributed by atoms with van der Waals surface area (Å²) in [6, 6.07) is 58.0. The molecule has 0 unspecified atom stereocenters. The van der Waals surface area contributed by atoms with Crippen molar-refractivity contribution in [2.45, 2.75) is 0 Å². The van der Waals surface area contributed by atoms with Crippen LogP contribution in [0, 0.1) is 34.0 Å². The standard InChI is InChI=1S/C45H25N5/c46-26-29-15-18-43(50-44-19-16-30(27-47)22-39(44)40-23-31(28-48)17-20-45(40)50)38(21-29)34-9-5-7-32(24-34)33-8-6-10-35(25-33)49-41-13-3-1-11-36(41)37-12-2-4-14-42(37)49/h1-25H. The molecule has 0 aliphatic heterocycles. The van der Waals surface area contributed by atoms with Crippen molar-refractivity contribution in [1.29, 1.82) is 15.8 Å². The molecule has 2 heterocycles. The summed E-state index contributed by atoms with van der Waals surface area (Å²) in [4.78, 5) is 0. The molecule has 0 fully saturated rings. The quantitative estimate of drug-likeness (QED) is 0.193. The SMILES string of the molecule is N#Cc1ccc(-n2c3ccc(C#N)cc3c3cc(C#N)ccc32)c(-c2cccc(-c3cccc(-n4c5ccccc5c5ccccc54)c3)c2)c1. The third-order valence-electron chi connectivity index (χ3n) is 9.58. The number of rotatable bonds is 4. The molecule has 0 aliphatic carbocycles. The maximum Gasteiger partial charge on any atom is 0.0991 e. The average molecular weight is 636 g/mol. The Labute approximate surface area is 287 Å². The van der Waals surface area contributed by atoms with Gasteiger partial charge in [0.15, 0.2) is 0 Å². The van der Waals surface area contributed by atoms with Gasteiger partial charge in [-0.15, -0.1) is 0 Å². The first-order valence-corrected chi connectivity index (χ1v) is 16.3. The predicted octanol–water partition coefficient (Wildman–Crippen LogP) is 10.8. The van der Waals surface area contributed by atoms with Crippen molar-refractivity contribution in [1.82, 2.24) is 9.13 Å². The van der Waals surface area contributed by atoms with E-state index in [2.05, 4.69) is 124 Å². The normalized spacial score (nSPS) is 11.1. The number of para-hydroxylation sites is 2. The molecule has 5 nitrogen and oxygen atoms in total. The minimum Gasteiger partial charge on any atom is -0.309 e. The fourth-order valence-corrected chi connectivity index (χ4v) is 7.35. The van der Waals surface area contributed by atoms with E-state index < -0.39 is 0 Å². The molecule has 0 N–H and O–H groups in total. The maximum atomic E-state index is 9.97. The zero-order chi connectivity index (χ0) is 33.8.